The molecule has 0 saturated heterocycles. The first-order chi connectivity index (χ1) is 9.66. The van der Waals surface area contributed by atoms with Gasteiger partial charge in [-0.25, -0.2) is 0 Å². The second kappa shape index (κ2) is 5.52. The fraction of sp³-hybridized carbons (Fsp3) is 0.0625. The zero-order valence-electron chi connectivity index (χ0n) is 10.4. The highest BCUT2D eigenvalue weighted by atomic mass is 79.9. The lowest BCUT2D eigenvalue weighted by molar-refractivity contribution is 0.222. The van der Waals surface area contributed by atoms with E-state index in [4.69, 9.17) is 11.6 Å². The Morgan fingerprint density at radius 1 is 1.15 bits per heavy atom. The average molecular weight is 349 g/mol. The lowest BCUT2D eigenvalue weighted by atomic mass is 9.97. The first-order valence-corrected chi connectivity index (χ1v) is 7.29. The van der Waals surface area contributed by atoms with Crippen molar-refractivity contribution in [1.82, 2.24) is 4.98 Å². The van der Waals surface area contributed by atoms with Gasteiger partial charge in [0.2, 0.25) is 0 Å². The number of aromatic nitrogens is 1. The summed E-state index contributed by atoms with van der Waals surface area (Å²) in [5.74, 6) is 0. The molecule has 1 aromatic heterocycles. The molecule has 0 aliphatic heterocycles. The number of aliphatic hydroxyl groups excluding tert-OH is 1. The second-order valence-electron chi connectivity index (χ2n) is 4.52. The largest absolute Gasteiger partial charge is 0.384 e. The van der Waals surface area contributed by atoms with Crippen LogP contribution in [-0.4, -0.2) is 10.1 Å². The van der Waals surface area contributed by atoms with Gasteiger partial charge in [0.15, 0.2) is 0 Å². The van der Waals surface area contributed by atoms with Crippen molar-refractivity contribution in [2.45, 2.75) is 6.10 Å². The van der Waals surface area contributed by atoms with Gasteiger partial charge in [-0.15, -0.1) is 0 Å². The molecule has 2 nitrogen and oxygen atoms in total. The van der Waals surface area contributed by atoms with Crippen molar-refractivity contribution in [3.63, 3.8) is 0 Å². The summed E-state index contributed by atoms with van der Waals surface area (Å²) < 4.78 is 0.815. The molecule has 0 fully saturated rings. The summed E-state index contributed by atoms with van der Waals surface area (Å²) in [4.78, 5) is 4.14. The van der Waals surface area contributed by atoms with Crippen LogP contribution in [0.5, 0.6) is 0 Å². The molecule has 0 bridgehead atoms. The summed E-state index contributed by atoms with van der Waals surface area (Å²) in [6, 6.07) is 13.2. The van der Waals surface area contributed by atoms with E-state index in [-0.39, 0.29) is 0 Å². The summed E-state index contributed by atoms with van der Waals surface area (Å²) in [5, 5.41) is 13.2. The molecule has 1 N–H and O–H groups in total. The molecule has 0 amide bonds. The molecule has 0 spiro atoms. The van der Waals surface area contributed by atoms with Gasteiger partial charge in [-0.3, -0.25) is 4.98 Å². The van der Waals surface area contributed by atoms with Crippen molar-refractivity contribution in [1.29, 1.82) is 0 Å². The number of benzene rings is 2. The van der Waals surface area contributed by atoms with Gasteiger partial charge in [0.05, 0.1) is 5.02 Å². The maximum Gasteiger partial charge on any atom is 0.105 e. The van der Waals surface area contributed by atoms with Gasteiger partial charge in [-0.05, 0) is 50.6 Å². The fourth-order valence-electron chi connectivity index (χ4n) is 2.24. The summed E-state index contributed by atoms with van der Waals surface area (Å²) in [6.45, 7) is 0. The summed E-state index contributed by atoms with van der Waals surface area (Å²) >= 11 is 9.44. The van der Waals surface area contributed by atoms with E-state index in [9.17, 15) is 5.11 Å². The zero-order valence-corrected chi connectivity index (χ0v) is 12.8. The molecule has 3 aromatic rings. The fourth-order valence-corrected chi connectivity index (χ4v) is 2.67. The number of pyridine rings is 1. The van der Waals surface area contributed by atoms with Crippen LogP contribution in [0.4, 0.5) is 0 Å². The molecule has 2 aromatic carbocycles. The van der Waals surface area contributed by atoms with Crippen molar-refractivity contribution in [3.8, 4) is 0 Å². The molecule has 3 rings (SSSR count). The molecule has 1 unspecified atom stereocenters. The molecule has 0 saturated carbocycles. The lowest BCUT2D eigenvalue weighted by Gasteiger charge is -2.14. The van der Waals surface area contributed by atoms with Crippen LogP contribution in [-0.2, 0) is 0 Å². The molecule has 20 heavy (non-hydrogen) atoms. The SMILES string of the molecule is OC(c1ccc(Br)c(Cl)c1)c1cccc2ccncc12. The van der Waals surface area contributed by atoms with Crippen LogP contribution in [0.2, 0.25) is 5.02 Å². The predicted octanol–water partition coefficient (Wildman–Crippen LogP) is 4.73. The van der Waals surface area contributed by atoms with Crippen LogP contribution in [0.3, 0.4) is 0 Å². The summed E-state index contributed by atoms with van der Waals surface area (Å²) in [7, 11) is 0. The zero-order chi connectivity index (χ0) is 14.1. The number of rotatable bonds is 2. The monoisotopic (exact) mass is 347 g/mol. The molecule has 100 valence electrons. The number of fused-ring (bicyclic) bond motifs is 1. The third kappa shape index (κ3) is 2.44. The highest BCUT2D eigenvalue weighted by Gasteiger charge is 2.14. The van der Waals surface area contributed by atoms with Crippen LogP contribution in [0.25, 0.3) is 10.8 Å². The smallest absolute Gasteiger partial charge is 0.105 e. The van der Waals surface area contributed by atoms with E-state index in [1.54, 1.807) is 18.5 Å². The minimum absolute atomic E-state index is 0.583. The van der Waals surface area contributed by atoms with Crippen LogP contribution < -0.4 is 0 Å². The Hall–Kier alpha value is -1.42. The Balaban J connectivity index is 2.12. The van der Waals surface area contributed by atoms with E-state index in [1.165, 1.54) is 0 Å². The topological polar surface area (TPSA) is 33.1 Å². The van der Waals surface area contributed by atoms with Crippen molar-refractivity contribution < 1.29 is 5.11 Å². The summed E-state index contributed by atoms with van der Waals surface area (Å²) in [5.41, 5.74) is 1.59. The van der Waals surface area contributed by atoms with E-state index in [0.29, 0.717) is 5.02 Å². The molecule has 4 heteroatoms. The third-order valence-corrected chi connectivity index (χ3v) is 4.50. The number of aliphatic hydroxyl groups is 1. The van der Waals surface area contributed by atoms with E-state index in [1.807, 2.05) is 36.4 Å². The standard InChI is InChI=1S/C16H11BrClNO/c17-14-5-4-11(8-15(14)18)16(20)12-3-1-2-10-6-7-19-9-13(10)12/h1-9,16,20H. The molecule has 0 aliphatic rings. The minimum atomic E-state index is -0.728. The molecule has 0 radical (unpaired) electrons. The van der Waals surface area contributed by atoms with Gasteiger partial charge in [0.1, 0.15) is 6.10 Å². The Bertz CT molecular complexity index is 770. The first-order valence-electron chi connectivity index (χ1n) is 6.12. The van der Waals surface area contributed by atoms with Crippen LogP contribution in [0, 0.1) is 0 Å². The molecule has 0 aliphatic carbocycles. The number of halogens is 2. The highest BCUT2D eigenvalue weighted by molar-refractivity contribution is 9.10. The quantitative estimate of drug-likeness (QED) is 0.726. The average Bonchev–Trinajstić information content (AvgIpc) is 2.49. The van der Waals surface area contributed by atoms with Gasteiger partial charge in [-0.1, -0.05) is 35.9 Å². The van der Waals surface area contributed by atoms with Crippen molar-refractivity contribution >= 4 is 38.3 Å². The Morgan fingerprint density at radius 3 is 2.80 bits per heavy atom. The highest BCUT2D eigenvalue weighted by Crippen LogP contribution is 2.31. The lowest BCUT2D eigenvalue weighted by Crippen LogP contribution is -2.00. The van der Waals surface area contributed by atoms with Gasteiger partial charge >= 0.3 is 0 Å². The van der Waals surface area contributed by atoms with Gasteiger partial charge in [0.25, 0.3) is 0 Å². The number of hydrogen-bond donors (Lipinski definition) is 1. The maximum absolute atomic E-state index is 10.6. The Morgan fingerprint density at radius 2 is 2.00 bits per heavy atom. The third-order valence-electron chi connectivity index (χ3n) is 3.27. The Labute approximate surface area is 130 Å². The first kappa shape index (κ1) is 13.6. The molecule has 1 atom stereocenters. The van der Waals surface area contributed by atoms with E-state index >= 15 is 0 Å². The van der Waals surface area contributed by atoms with Crippen LogP contribution >= 0.6 is 27.5 Å². The van der Waals surface area contributed by atoms with Crippen LogP contribution in [0.1, 0.15) is 17.2 Å². The molecular weight excluding hydrogens is 338 g/mol. The molecule has 1 heterocycles. The minimum Gasteiger partial charge on any atom is -0.384 e. The van der Waals surface area contributed by atoms with Gasteiger partial charge in [-0.2, -0.15) is 0 Å². The summed E-state index contributed by atoms with van der Waals surface area (Å²) in [6.07, 6.45) is 2.79. The number of nitrogens with zero attached hydrogens (tertiary/aromatic N) is 1. The normalized spacial score (nSPS) is 12.6. The van der Waals surface area contributed by atoms with E-state index in [0.717, 1.165) is 26.4 Å². The van der Waals surface area contributed by atoms with Crippen LogP contribution in [0.15, 0.2) is 59.3 Å². The predicted molar refractivity (Wildman–Crippen MR) is 85.0 cm³/mol. The second-order valence-corrected chi connectivity index (χ2v) is 5.78. The van der Waals surface area contributed by atoms with Gasteiger partial charge < -0.3 is 5.11 Å². The number of hydrogen-bond acceptors (Lipinski definition) is 2. The maximum atomic E-state index is 10.6. The van der Waals surface area contributed by atoms with E-state index in [2.05, 4.69) is 20.9 Å². The molecular formula is C16H11BrClNO. The van der Waals surface area contributed by atoms with Gasteiger partial charge in [0, 0.05) is 22.3 Å². The Kier molecular flexibility index (Phi) is 3.74. The van der Waals surface area contributed by atoms with Crippen molar-refractivity contribution in [2.75, 3.05) is 0 Å². The van der Waals surface area contributed by atoms with E-state index < -0.39 is 6.10 Å². The van der Waals surface area contributed by atoms with Crippen molar-refractivity contribution in [2.24, 2.45) is 0 Å². The van der Waals surface area contributed by atoms with Crippen molar-refractivity contribution in [3.05, 3.63) is 75.5 Å².